The number of hydrogen-bond acceptors (Lipinski definition) is 6. The molecule has 0 saturated carbocycles. The van der Waals surface area contributed by atoms with Crippen LogP contribution in [0.2, 0.25) is 0 Å². The number of esters is 1. The Morgan fingerprint density at radius 3 is 2.52 bits per heavy atom. The highest BCUT2D eigenvalue weighted by Crippen LogP contribution is 2.32. The van der Waals surface area contributed by atoms with Gasteiger partial charge in [0.05, 0.1) is 17.6 Å². The number of amides is 2. The summed E-state index contributed by atoms with van der Waals surface area (Å²) >= 11 is 0.742. The Hall–Kier alpha value is -3.33. The van der Waals surface area contributed by atoms with Gasteiger partial charge in [0.1, 0.15) is 6.54 Å². The maximum atomic E-state index is 12.4. The van der Waals surface area contributed by atoms with Crippen molar-refractivity contribution in [1.82, 2.24) is 9.47 Å². The van der Waals surface area contributed by atoms with Gasteiger partial charge >= 0.3 is 11.9 Å². The third-order valence-electron chi connectivity index (χ3n) is 3.84. The van der Waals surface area contributed by atoms with E-state index in [0.717, 1.165) is 16.7 Å². The summed E-state index contributed by atoms with van der Waals surface area (Å²) in [6.07, 6.45) is 3.30. The van der Waals surface area contributed by atoms with E-state index >= 15 is 0 Å². The quantitative estimate of drug-likeness (QED) is 0.621. The van der Waals surface area contributed by atoms with Gasteiger partial charge in [-0.3, -0.25) is 19.3 Å². The van der Waals surface area contributed by atoms with Crippen LogP contribution in [0.1, 0.15) is 16.1 Å². The minimum atomic E-state index is -1.02. The SMILES string of the molecule is COC(=O)CN1C(=O)SC(=Cc2cccn2-c2ccc(C(=O)O)cc2)C1=O. The molecule has 3 rings (SSSR count). The first-order valence-electron chi connectivity index (χ1n) is 7.74. The summed E-state index contributed by atoms with van der Waals surface area (Å²) in [6.45, 7) is -0.434. The first-order chi connectivity index (χ1) is 12.9. The van der Waals surface area contributed by atoms with Crippen molar-refractivity contribution in [3.05, 3.63) is 58.8 Å². The van der Waals surface area contributed by atoms with Gasteiger partial charge in [0.2, 0.25) is 0 Å². The molecule has 138 valence electrons. The molecule has 1 N–H and O–H groups in total. The highest BCUT2D eigenvalue weighted by atomic mass is 32.2. The lowest BCUT2D eigenvalue weighted by atomic mass is 10.2. The number of carboxylic acid groups (broad SMARTS) is 1. The van der Waals surface area contributed by atoms with Crippen LogP contribution in [0.15, 0.2) is 47.5 Å². The molecule has 1 aliphatic rings. The maximum absolute atomic E-state index is 12.4. The Bertz CT molecular complexity index is 960. The van der Waals surface area contributed by atoms with Crippen LogP contribution in [-0.2, 0) is 14.3 Å². The average Bonchev–Trinajstić information content (AvgIpc) is 3.22. The Balaban J connectivity index is 1.88. The van der Waals surface area contributed by atoms with Crippen LogP contribution in [0, 0.1) is 0 Å². The van der Waals surface area contributed by atoms with E-state index in [2.05, 4.69) is 4.74 Å². The summed E-state index contributed by atoms with van der Waals surface area (Å²) < 4.78 is 6.24. The Labute approximate surface area is 158 Å². The molecule has 2 heterocycles. The summed E-state index contributed by atoms with van der Waals surface area (Å²) in [5.74, 6) is -2.27. The molecule has 27 heavy (non-hydrogen) atoms. The fourth-order valence-corrected chi connectivity index (χ4v) is 3.30. The molecule has 2 amide bonds. The first-order valence-corrected chi connectivity index (χ1v) is 8.55. The molecule has 0 bridgehead atoms. The number of ether oxygens (including phenoxy) is 1. The van der Waals surface area contributed by atoms with Gasteiger partial charge in [-0.1, -0.05) is 0 Å². The zero-order chi connectivity index (χ0) is 19.6. The van der Waals surface area contributed by atoms with Crippen LogP contribution >= 0.6 is 11.8 Å². The number of carboxylic acids is 1. The molecule has 1 aromatic carbocycles. The largest absolute Gasteiger partial charge is 0.478 e. The van der Waals surface area contributed by atoms with Crippen molar-refractivity contribution in [2.45, 2.75) is 0 Å². The first kappa shape index (κ1) is 18.5. The monoisotopic (exact) mass is 386 g/mol. The minimum absolute atomic E-state index is 0.163. The molecule has 0 atom stereocenters. The Morgan fingerprint density at radius 2 is 1.89 bits per heavy atom. The third kappa shape index (κ3) is 3.77. The minimum Gasteiger partial charge on any atom is -0.478 e. The number of benzene rings is 1. The normalized spacial score (nSPS) is 15.4. The van der Waals surface area contributed by atoms with Crippen LogP contribution in [0.25, 0.3) is 11.8 Å². The number of nitrogens with zero attached hydrogens (tertiary/aromatic N) is 2. The van der Waals surface area contributed by atoms with E-state index < -0.39 is 29.6 Å². The fraction of sp³-hybridized carbons (Fsp3) is 0.111. The summed E-state index contributed by atoms with van der Waals surface area (Å²) in [7, 11) is 1.18. The maximum Gasteiger partial charge on any atom is 0.335 e. The highest BCUT2D eigenvalue weighted by Gasteiger charge is 2.36. The number of hydrogen-bond donors (Lipinski definition) is 1. The van der Waals surface area contributed by atoms with Gasteiger partial charge in [-0.05, 0) is 54.2 Å². The van der Waals surface area contributed by atoms with Crippen LogP contribution in [-0.4, -0.2) is 51.3 Å². The summed E-state index contributed by atoms with van der Waals surface area (Å²) in [6, 6.07) is 9.75. The van der Waals surface area contributed by atoms with Crippen LogP contribution < -0.4 is 0 Å². The van der Waals surface area contributed by atoms with E-state index in [-0.39, 0.29) is 10.5 Å². The molecule has 1 aromatic heterocycles. The van der Waals surface area contributed by atoms with Crippen molar-refractivity contribution in [2.75, 3.05) is 13.7 Å². The second-order valence-electron chi connectivity index (χ2n) is 5.50. The summed E-state index contributed by atoms with van der Waals surface area (Å²) in [5.41, 5.74) is 1.49. The van der Waals surface area contributed by atoms with Crippen molar-refractivity contribution >= 4 is 40.9 Å². The van der Waals surface area contributed by atoms with Crippen molar-refractivity contribution in [3.63, 3.8) is 0 Å². The molecule has 0 unspecified atom stereocenters. The predicted octanol–water partition coefficient (Wildman–Crippen LogP) is 2.38. The summed E-state index contributed by atoms with van der Waals surface area (Å²) in [4.78, 5) is 47.7. The molecule has 0 spiro atoms. The van der Waals surface area contributed by atoms with E-state index in [1.54, 1.807) is 41.1 Å². The molecule has 1 fully saturated rings. The highest BCUT2D eigenvalue weighted by molar-refractivity contribution is 8.18. The molecule has 9 heteroatoms. The Kier molecular flexibility index (Phi) is 5.13. The fourth-order valence-electron chi connectivity index (χ4n) is 2.48. The van der Waals surface area contributed by atoms with Gasteiger partial charge in [0.15, 0.2) is 0 Å². The van der Waals surface area contributed by atoms with Gasteiger partial charge in [-0.25, -0.2) is 4.79 Å². The predicted molar refractivity (Wildman–Crippen MR) is 97.4 cm³/mol. The topological polar surface area (TPSA) is 106 Å². The average molecular weight is 386 g/mol. The van der Waals surface area contributed by atoms with Gasteiger partial charge in [0.25, 0.3) is 11.1 Å². The van der Waals surface area contributed by atoms with Gasteiger partial charge in [0, 0.05) is 17.6 Å². The van der Waals surface area contributed by atoms with E-state index in [9.17, 15) is 19.2 Å². The molecule has 1 aliphatic heterocycles. The zero-order valence-corrected chi connectivity index (χ0v) is 14.9. The second kappa shape index (κ2) is 7.50. The second-order valence-corrected chi connectivity index (χ2v) is 6.49. The smallest absolute Gasteiger partial charge is 0.335 e. The van der Waals surface area contributed by atoms with Crippen LogP contribution in [0.4, 0.5) is 4.79 Å². The lowest BCUT2D eigenvalue weighted by Gasteiger charge is -2.10. The summed E-state index contributed by atoms with van der Waals surface area (Å²) in [5, 5.41) is 8.44. The number of methoxy groups -OCH3 is 1. The van der Waals surface area contributed by atoms with E-state index in [4.69, 9.17) is 5.11 Å². The number of aromatic nitrogens is 1. The van der Waals surface area contributed by atoms with E-state index in [1.165, 1.54) is 19.2 Å². The van der Waals surface area contributed by atoms with Crippen LogP contribution in [0.5, 0.6) is 0 Å². The number of thioether (sulfide) groups is 1. The number of aromatic carboxylic acids is 1. The lowest BCUT2D eigenvalue weighted by Crippen LogP contribution is -2.34. The molecule has 0 radical (unpaired) electrons. The number of carbonyl (C=O) groups is 4. The van der Waals surface area contributed by atoms with Crippen molar-refractivity contribution < 1.29 is 29.0 Å². The van der Waals surface area contributed by atoms with Crippen LogP contribution in [0.3, 0.4) is 0 Å². The van der Waals surface area contributed by atoms with Gasteiger partial charge < -0.3 is 14.4 Å². The zero-order valence-electron chi connectivity index (χ0n) is 14.1. The standard InChI is InChI=1S/C18H14N2O6S/c1-26-15(21)10-20-16(22)14(27-18(20)25)9-13-3-2-8-19(13)12-6-4-11(5-7-12)17(23)24/h2-9H,10H2,1H3,(H,23,24). The molecule has 8 nitrogen and oxygen atoms in total. The molecule has 2 aromatic rings. The number of carbonyl (C=O) groups excluding carboxylic acids is 3. The number of imide groups is 1. The van der Waals surface area contributed by atoms with E-state index in [0.29, 0.717) is 11.4 Å². The molecule has 0 aliphatic carbocycles. The van der Waals surface area contributed by atoms with Gasteiger partial charge in [-0.15, -0.1) is 0 Å². The van der Waals surface area contributed by atoms with Crippen molar-refractivity contribution in [3.8, 4) is 5.69 Å². The lowest BCUT2D eigenvalue weighted by molar-refractivity contribution is -0.143. The third-order valence-corrected chi connectivity index (χ3v) is 4.75. The van der Waals surface area contributed by atoms with E-state index in [1.807, 2.05) is 0 Å². The van der Waals surface area contributed by atoms with Crippen molar-refractivity contribution in [2.24, 2.45) is 0 Å². The number of rotatable bonds is 5. The Morgan fingerprint density at radius 1 is 1.19 bits per heavy atom. The van der Waals surface area contributed by atoms with Gasteiger partial charge in [-0.2, -0.15) is 0 Å². The molecular weight excluding hydrogens is 372 g/mol. The van der Waals surface area contributed by atoms with Crippen molar-refractivity contribution in [1.29, 1.82) is 0 Å². The molecule has 1 saturated heterocycles. The molecular formula is C18H14N2O6S.